The van der Waals surface area contributed by atoms with E-state index in [0.717, 1.165) is 5.56 Å². The lowest BCUT2D eigenvalue weighted by Gasteiger charge is -2.09. The highest BCUT2D eigenvalue weighted by Crippen LogP contribution is 2.28. The molecule has 0 spiro atoms. The summed E-state index contributed by atoms with van der Waals surface area (Å²) >= 11 is 1.65. The third-order valence-corrected chi connectivity index (χ3v) is 4.33. The van der Waals surface area contributed by atoms with Gasteiger partial charge >= 0.3 is 0 Å². The molecule has 0 fully saturated rings. The summed E-state index contributed by atoms with van der Waals surface area (Å²) < 4.78 is 10.8. The van der Waals surface area contributed by atoms with Gasteiger partial charge in [-0.15, -0.1) is 11.3 Å². The Labute approximate surface area is 140 Å². The van der Waals surface area contributed by atoms with Crippen molar-refractivity contribution in [3.05, 3.63) is 51.7 Å². The third kappa shape index (κ3) is 4.86. The molecule has 0 atom stereocenters. The molecule has 5 heteroatoms. The third-order valence-electron chi connectivity index (χ3n) is 3.31. The van der Waals surface area contributed by atoms with Gasteiger partial charge in [-0.3, -0.25) is 4.79 Å². The summed E-state index contributed by atoms with van der Waals surface area (Å²) in [7, 11) is 1.60. The second-order valence-electron chi connectivity index (χ2n) is 4.92. The Morgan fingerprint density at radius 2 is 2.13 bits per heavy atom. The van der Waals surface area contributed by atoms with Crippen LogP contribution in [-0.2, 0) is 11.3 Å². The first kappa shape index (κ1) is 17.1. The van der Waals surface area contributed by atoms with Gasteiger partial charge in [0.25, 0.3) is 0 Å². The highest BCUT2D eigenvalue weighted by Gasteiger charge is 2.05. The Balaban J connectivity index is 1.96. The molecule has 1 N–H and O–H groups in total. The number of nitrogens with one attached hydrogen (secondary N) is 1. The van der Waals surface area contributed by atoms with E-state index < -0.39 is 0 Å². The number of ether oxygens (including phenoxy) is 2. The van der Waals surface area contributed by atoms with E-state index >= 15 is 0 Å². The minimum Gasteiger partial charge on any atom is -0.493 e. The maximum Gasteiger partial charge on any atom is 0.244 e. The van der Waals surface area contributed by atoms with Gasteiger partial charge in [0.2, 0.25) is 5.91 Å². The summed E-state index contributed by atoms with van der Waals surface area (Å²) in [6.07, 6.45) is 3.28. The molecule has 1 aromatic heterocycles. The van der Waals surface area contributed by atoms with Crippen LogP contribution in [0.5, 0.6) is 11.5 Å². The summed E-state index contributed by atoms with van der Waals surface area (Å²) in [4.78, 5) is 13.1. The van der Waals surface area contributed by atoms with Crippen LogP contribution in [0.2, 0.25) is 0 Å². The Morgan fingerprint density at radius 3 is 2.78 bits per heavy atom. The van der Waals surface area contributed by atoms with Gasteiger partial charge in [0.05, 0.1) is 20.3 Å². The predicted octanol–water partition coefficient (Wildman–Crippen LogP) is 3.79. The summed E-state index contributed by atoms with van der Waals surface area (Å²) in [6, 6.07) is 7.63. The fraction of sp³-hybridized carbons (Fsp3) is 0.278. The van der Waals surface area contributed by atoms with Crippen LogP contribution in [-0.4, -0.2) is 19.6 Å². The summed E-state index contributed by atoms with van der Waals surface area (Å²) in [5.74, 6) is 1.24. The van der Waals surface area contributed by atoms with Crippen LogP contribution in [0.3, 0.4) is 0 Å². The van der Waals surface area contributed by atoms with Crippen molar-refractivity contribution in [2.45, 2.75) is 20.4 Å². The van der Waals surface area contributed by atoms with Crippen molar-refractivity contribution in [1.82, 2.24) is 5.32 Å². The van der Waals surface area contributed by atoms with Gasteiger partial charge in [-0.2, -0.15) is 0 Å². The molecule has 0 aliphatic carbocycles. The zero-order chi connectivity index (χ0) is 16.7. The number of hydrogen-bond acceptors (Lipinski definition) is 4. The molecule has 0 saturated heterocycles. The Hall–Kier alpha value is -2.27. The molecule has 0 aliphatic heterocycles. The van der Waals surface area contributed by atoms with E-state index in [2.05, 4.69) is 5.32 Å². The van der Waals surface area contributed by atoms with Crippen molar-refractivity contribution in [3.8, 4) is 11.5 Å². The lowest BCUT2D eigenvalue weighted by molar-refractivity contribution is -0.116. The molecular formula is C18H21NO3S. The molecule has 1 amide bonds. The van der Waals surface area contributed by atoms with Crippen LogP contribution >= 0.6 is 11.3 Å². The molecule has 23 heavy (non-hydrogen) atoms. The van der Waals surface area contributed by atoms with E-state index in [0.29, 0.717) is 24.7 Å². The Bertz CT molecular complexity index is 691. The van der Waals surface area contributed by atoms with E-state index in [4.69, 9.17) is 9.47 Å². The van der Waals surface area contributed by atoms with Gasteiger partial charge in [-0.25, -0.2) is 0 Å². The van der Waals surface area contributed by atoms with Crippen molar-refractivity contribution in [2.75, 3.05) is 13.7 Å². The average molecular weight is 331 g/mol. The molecule has 1 heterocycles. The van der Waals surface area contributed by atoms with Crippen molar-refractivity contribution in [3.63, 3.8) is 0 Å². The lowest BCUT2D eigenvalue weighted by atomic mass is 10.2. The first-order valence-electron chi connectivity index (χ1n) is 7.43. The highest BCUT2D eigenvalue weighted by molar-refractivity contribution is 7.10. The van der Waals surface area contributed by atoms with Gasteiger partial charge in [0, 0.05) is 11.0 Å². The molecule has 0 bridgehead atoms. The number of carbonyl (C=O) groups excluding carboxylic acids is 1. The average Bonchev–Trinajstić information content (AvgIpc) is 2.97. The molecule has 0 aliphatic rings. The predicted molar refractivity (Wildman–Crippen MR) is 94.1 cm³/mol. The van der Waals surface area contributed by atoms with Crippen LogP contribution in [0, 0.1) is 6.92 Å². The standard InChI is InChI=1S/C18H21NO3S/c1-4-22-15-7-5-14(11-16(15)21-3)6-8-18(20)19-12-17-13(2)9-10-23-17/h5-11H,4,12H2,1-3H3,(H,19,20)/b8-6+. The second kappa shape index (κ2) is 8.39. The zero-order valence-electron chi connectivity index (χ0n) is 13.6. The maximum absolute atomic E-state index is 11.9. The van der Waals surface area contributed by atoms with E-state index in [1.165, 1.54) is 16.5 Å². The Kier molecular flexibility index (Phi) is 6.23. The van der Waals surface area contributed by atoms with Crippen LogP contribution in [0.25, 0.3) is 6.08 Å². The molecule has 2 rings (SSSR count). The van der Waals surface area contributed by atoms with Crippen molar-refractivity contribution < 1.29 is 14.3 Å². The molecule has 2 aromatic rings. The first-order valence-corrected chi connectivity index (χ1v) is 8.31. The van der Waals surface area contributed by atoms with Gasteiger partial charge < -0.3 is 14.8 Å². The molecule has 0 saturated carbocycles. The number of thiophene rings is 1. The van der Waals surface area contributed by atoms with E-state index in [1.807, 2.05) is 43.5 Å². The van der Waals surface area contributed by atoms with Gasteiger partial charge in [-0.05, 0) is 54.6 Å². The summed E-state index contributed by atoms with van der Waals surface area (Å²) in [5.41, 5.74) is 2.09. The van der Waals surface area contributed by atoms with Gasteiger partial charge in [0.15, 0.2) is 11.5 Å². The van der Waals surface area contributed by atoms with E-state index in [1.54, 1.807) is 24.5 Å². The summed E-state index contributed by atoms with van der Waals surface area (Å²) in [5, 5.41) is 4.91. The molecule has 1 aromatic carbocycles. The number of hydrogen-bond donors (Lipinski definition) is 1. The number of benzene rings is 1. The molecule has 122 valence electrons. The van der Waals surface area contributed by atoms with E-state index in [9.17, 15) is 4.79 Å². The lowest BCUT2D eigenvalue weighted by Crippen LogP contribution is -2.19. The number of methoxy groups -OCH3 is 1. The van der Waals surface area contributed by atoms with Crippen LogP contribution < -0.4 is 14.8 Å². The van der Waals surface area contributed by atoms with Crippen molar-refractivity contribution in [1.29, 1.82) is 0 Å². The quantitative estimate of drug-likeness (QED) is 0.785. The SMILES string of the molecule is CCOc1ccc(/C=C/C(=O)NCc2sccc2C)cc1OC. The fourth-order valence-electron chi connectivity index (χ4n) is 2.05. The minimum absolute atomic E-state index is 0.120. The normalized spacial score (nSPS) is 10.7. The topological polar surface area (TPSA) is 47.6 Å². The molecule has 0 radical (unpaired) electrons. The summed E-state index contributed by atoms with van der Waals surface area (Å²) in [6.45, 7) is 5.10. The maximum atomic E-state index is 11.9. The number of amides is 1. The fourth-order valence-corrected chi connectivity index (χ4v) is 2.89. The van der Waals surface area contributed by atoms with E-state index in [-0.39, 0.29) is 5.91 Å². The molecule has 4 nitrogen and oxygen atoms in total. The zero-order valence-corrected chi connectivity index (χ0v) is 14.4. The van der Waals surface area contributed by atoms with Crippen molar-refractivity contribution >= 4 is 23.3 Å². The first-order chi connectivity index (χ1) is 11.1. The van der Waals surface area contributed by atoms with Crippen LogP contribution in [0.15, 0.2) is 35.7 Å². The number of rotatable bonds is 7. The molecule has 0 unspecified atom stereocenters. The smallest absolute Gasteiger partial charge is 0.244 e. The largest absolute Gasteiger partial charge is 0.493 e. The van der Waals surface area contributed by atoms with Crippen LogP contribution in [0.1, 0.15) is 22.9 Å². The number of carbonyl (C=O) groups is 1. The monoisotopic (exact) mass is 331 g/mol. The second-order valence-corrected chi connectivity index (χ2v) is 5.92. The highest BCUT2D eigenvalue weighted by atomic mass is 32.1. The number of aryl methyl sites for hydroxylation is 1. The van der Waals surface area contributed by atoms with Crippen molar-refractivity contribution in [2.24, 2.45) is 0 Å². The Morgan fingerprint density at radius 1 is 1.30 bits per heavy atom. The minimum atomic E-state index is -0.120. The molecular weight excluding hydrogens is 310 g/mol. The van der Waals surface area contributed by atoms with Gasteiger partial charge in [0.1, 0.15) is 0 Å². The van der Waals surface area contributed by atoms with Gasteiger partial charge in [-0.1, -0.05) is 6.07 Å². The van der Waals surface area contributed by atoms with Crippen LogP contribution in [0.4, 0.5) is 0 Å².